The van der Waals surface area contributed by atoms with Gasteiger partial charge in [-0.25, -0.2) is 4.79 Å². The molecule has 1 aliphatic rings. The molecule has 3 rings (SSSR count). The number of hydrogen-bond acceptors (Lipinski definition) is 6. The number of benzene rings is 1. The third kappa shape index (κ3) is 3.74. The first-order valence-corrected chi connectivity index (χ1v) is 7.50. The molecule has 7 nitrogen and oxygen atoms in total. The van der Waals surface area contributed by atoms with Crippen molar-refractivity contribution in [1.82, 2.24) is 15.0 Å². The van der Waals surface area contributed by atoms with Crippen molar-refractivity contribution < 1.29 is 18.8 Å². The number of ether oxygens (including phenoxy) is 1. The number of nitrogens with zero attached hydrogens (tertiary/aromatic N) is 3. The summed E-state index contributed by atoms with van der Waals surface area (Å²) in [5.74, 6) is 0.625. The van der Waals surface area contributed by atoms with Crippen LogP contribution in [0.3, 0.4) is 0 Å². The minimum atomic E-state index is -0.311. The standard InChI is InChI=1S/C16H17N3O4/c20-10-14-17-15(18-23-14)13-6-8-19(9-7-13)16(21)22-11-12-4-2-1-3-5-12/h1-5,10,13H,6-9,11H2. The average Bonchev–Trinajstić information content (AvgIpc) is 3.10. The van der Waals surface area contributed by atoms with Crippen LogP contribution in [-0.4, -0.2) is 40.5 Å². The number of amides is 1. The highest BCUT2D eigenvalue weighted by molar-refractivity contribution is 5.68. The van der Waals surface area contributed by atoms with Crippen LogP contribution in [-0.2, 0) is 11.3 Å². The van der Waals surface area contributed by atoms with Crippen molar-refractivity contribution in [1.29, 1.82) is 0 Å². The largest absolute Gasteiger partial charge is 0.445 e. The van der Waals surface area contributed by atoms with Crippen molar-refractivity contribution in [2.24, 2.45) is 0 Å². The van der Waals surface area contributed by atoms with Crippen LogP contribution in [0.5, 0.6) is 0 Å². The van der Waals surface area contributed by atoms with Gasteiger partial charge in [-0.1, -0.05) is 35.5 Å². The predicted molar refractivity (Wildman–Crippen MR) is 79.9 cm³/mol. The molecule has 0 unspecified atom stereocenters. The second kappa shape index (κ2) is 7.04. The third-order valence-electron chi connectivity index (χ3n) is 3.88. The molecule has 1 aromatic heterocycles. The van der Waals surface area contributed by atoms with E-state index in [1.54, 1.807) is 4.90 Å². The Morgan fingerprint density at radius 1 is 1.30 bits per heavy atom. The highest BCUT2D eigenvalue weighted by atomic mass is 16.6. The molecule has 2 heterocycles. The highest BCUT2D eigenvalue weighted by Crippen LogP contribution is 2.26. The fourth-order valence-corrected chi connectivity index (χ4v) is 2.59. The number of carbonyl (C=O) groups excluding carboxylic acids is 2. The van der Waals surface area contributed by atoms with Gasteiger partial charge in [-0.3, -0.25) is 4.79 Å². The van der Waals surface area contributed by atoms with Gasteiger partial charge in [0.2, 0.25) is 6.29 Å². The Kier molecular flexibility index (Phi) is 4.65. The van der Waals surface area contributed by atoms with E-state index in [-0.39, 0.29) is 24.5 Å². The first kappa shape index (κ1) is 15.2. The molecule has 0 aliphatic carbocycles. The number of hydrogen-bond donors (Lipinski definition) is 0. The molecule has 0 radical (unpaired) electrons. The van der Waals surface area contributed by atoms with E-state index in [2.05, 4.69) is 10.1 Å². The first-order chi connectivity index (χ1) is 11.3. The lowest BCUT2D eigenvalue weighted by atomic mass is 9.96. The third-order valence-corrected chi connectivity index (χ3v) is 3.88. The van der Waals surface area contributed by atoms with Crippen molar-refractivity contribution in [3.63, 3.8) is 0 Å². The molecule has 1 saturated heterocycles. The van der Waals surface area contributed by atoms with Crippen LogP contribution in [0.1, 0.15) is 40.8 Å². The first-order valence-electron chi connectivity index (χ1n) is 7.50. The normalized spacial score (nSPS) is 15.4. The van der Waals surface area contributed by atoms with E-state index in [1.165, 1.54) is 0 Å². The maximum atomic E-state index is 12.1. The van der Waals surface area contributed by atoms with Crippen LogP contribution in [0.2, 0.25) is 0 Å². The quantitative estimate of drug-likeness (QED) is 0.805. The lowest BCUT2D eigenvalue weighted by Gasteiger charge is -2.29. The molecule has 0 atom stereocenters. The van der Waals surface area contributed by atoms with Crippen LogP contribution in [0.25, 0.3) is 0 Å². The number of likely N-dealkylation sites (tertiary alicyclic amines) is 1. The molecule has 120 valence electrons. The molecule has 1 aromatic carbocycles. The lowest BCUT2D eigenvalue weighted by Crippen LogP contribution is -2.38. The van der Waals surface area contributed by atoms with Gasteiger partial charge < -0.3 is 14.2 Å². The molecule has 23 heavy (non-hydrogen) atoms. The summed E-state index contributed by atoms with van der Waals surface area (Å²) >= 11 is 0. The fraction of sp³-hybridized carbons (Fsp3) is 0.375. The Morgan fingerprint density at radius 3 is 2.70 bits per heavy atom. The molecule has 0 saturated carbocycles. The number of carbonyl (C=O) groups is 2. The SMILES string of the molecule is O=Cc1nc(C2CCN(C(=O)OCc3ccccc3)CC2)no1. The molecule has 0 bridgehead atoms. The maximum absolute atomic E-state index is 12.1. The molecular formula is C16H17N3O4. The zero-order chi connectivity index (χ0) is 16.1. The summed E-state index contributed by atoms with van der Waals surface area (Å²) in [6.07, 6.45) is 1.66. The minimum Gasteiger partial charge on any atom is -0.445 e. The Morgan fingerprint density at radius 2 is 2.04 bits per heavy atom. The number of piperidine rings is 1. The molecule has 7 heteroatoms. The molecule has 0 N–H and O–H groups in total. The van der Waals surface area contributed by atoms with Crippen molar-refractivity contribution in [3.8, 4) is 0 Å². The van der Waals surface area contributed by atoms with Crippen LogP contribution in [0, 0.1) is 0 Å². The van der Waals surface area contributed by atoms with E-state index in [4.69, 9.17) is 9.26 Å². The van der Waals surface area contributed by atoms with Crippen LogP contribution >= 0.6 is 0 Å². The summed E-state index contributed by atoms with van der Waals surface area (Å²) in [5, 5.41) is 3.80. The van der Waals surface area contributed by atoms with E-state index < -0.39 is 0 Å². The molecule has 2 aromatic rings. The predicted octanol–water partition coefficient (Wildman–Crippen LogP) is 2.40. The van der Waals surface area contributed by atoms with E-state index in [1.807, 2.05) is 30.3 Å². The molecule has 1 amide bonds. The van der Waals surface area contributed by atoms with Gasteiger partial charge in [0.1, 0.15) is 6.61 Å². The molecular weight excluding hydrogens is 298 g/mol. The second-order valence-electron chi connectivity index (χ2n) is 5.41. The van der Waals surface area contributed by atoms with Gasteiger partial charge >= 0.3 is 6.09 Å². The summed E-state index contributed by atoms with van der Waals surface area (Å²) in [4.78, 5) is 28.3. The fourth-order valence-electron chi connectivity index (χ4n) is 2.59. The second-order valence-corrected chi connectivity index (χ2v) is 5.41. The average molecular weight is 315 g/mol. The zero-order valence-corrected chi connectivity index (χ0v) is 12.6. The van der Waals surface area contributed by atoms with Crippen molar-refractivity contribution in [2.75, 3.05) is 13.1 Å². The monoisotopic (exact) mass is 315 g/mol. The Labute approximate surface area is 133 Å². The molecule has 1 aliphatic heterocycles. The van der Waals surface area contributed by atoms with Crippen LogP contribution < -0.4 is 0 Å². The summed E-state index contributed by atoms with van der Waals surface area (Å²) < 4.78 is 10.1. The number of aromatic nitrogens is 2. The van der Waals surface area contributed by atoms with Crippen molar-refractivity contribution in [2.45, 2.75) is 25.4 Å². The number of rotatable bonds is 4. The van der Waals surface area contributed by atoms with E-state index >= 15 is 0 Å². The van der Waals surface area contributed by atoms with E-state index in [9.17, 15) is 9.59 Å². The van der Waals surface area contributed by atoms with Gasteiger partial charge in [0.25, 0.3) is 5.89 Å². The van der Waals surface area contributed by atoms with Gasteiger partial charge in [0.15, 0.2) is 5.82 Å². The molecule has 0 spiro atoms. The van der Waals surface area contributed by atoms with E-state index in [0.717, 1.165) is 18.4 Å². The van der Waals surface area contributed by atoms with Crippen LogP contribution in [0.4, 0.5) is 4.79 Å². The van der Waals surface area contributed by atoms with Gasteiger partial charge in [0, 0.05) is 19.0 Å². The van der Waals surface area contributed by atoms with Crippen molar-refractivity contribution >= 4 is 12.4 Å². The van der Waals surface area contributed by atoms with E-state index in [0.29, 0.717) is 25.2 Å². The van der Waals surface area contributed by atoms with Gasteiger partial charge in [-0.05, 0) is 18.4 Å². The van der Waals surface area contributed by atoms with Gasteiger partial charge in [-0.2, -0.15) is 4.98 Å². The smallest absolute Gasteiger partial charge is 0.410 e. The number of aldehydes is 1. The van der Waals surface area contributed by atoms with Crippen LogP contribution in [0.15, 0.2) is 34.9 Å². The lowest BCUT2D eigenvalue weighted by molar-refractivity contribution is 0.0865. The molecule has 1 fully saturated rings. The van der Waals surface area contributed by atoms with Gasteiger partial charge in [-0.15, -0.1) is 0 Å². The summed E-state index contributed by atoms with van der Waals surface area (Å²) in [6, 6.07) is 9.57. The maximum Gasteiger partial charge on any atom is 0.410 e. The topological polar surface area (TPSA) is 85.5 Å². The summed E-state index contributed by atoms with van der Waals surface area (Å²) in [7, 11) is 0. The Hall–Kier alpha value is -2.70. The highest BCUT2D eigenvalue weighted by Gasteiger charge is 2.27. The minimum absolute atomic E-state index is 0.00954. The Balaban J connectivity index is 1.48. The zero-order valence-electron chi connectivity index (χ0n) is 12.6. The van der Waals surface area contributed by atoms with Crippen molar-refractivity contribution in [3.05, 3.63) is 47.6 Å². The Bertz CT molecular complexity index is 663. The summed E-state index contributed by atoms with van der Waals surface area (Å²) in [5.41, 5.74) is 0.962. The van der Waals surface area contributed by atoms with Gasteiger partial charge in [0.05, 0.1) is 0 Å². The summed E-state index contributed by atoms with van der Waals surface area (Å²) in [6.45, 7) is 1.42.